The Bertz CT molecular complexity index is 806. The van der Waals surface area contributed by atoms with Crippen molar-refractivity contribution in [2.24, 2.45) is 0 Å². The van der Waals surface area contributed by atoms with Gasteiger partial charge >= 0.3 is 0 Å². The fourth-order valence-electron chi connectivity index (χ4n) is 2.48. The number of fused-ring (bicyclic) bond motifs is 1. The molecule has 2 aromatic carbocycles. The van der Waals surface area contributed by atoms with E-state index in [9.17, 15) is 4.79 Å². The predicted molar refractivity (Wildman–Crippen MR) is 90.5 cm³/mol. The van der Waals surface area contributed by atoms with Crippen LogP contribution in [0.25, 0.3) is 10.9 Å². The number of aryl methyl sites for hydroxylation is 1. The molecule has 0 saturated heterocycles. The van der Waals surface area contributed by atoms with Crippen molar-refractivity contribution in [1.29, 1.82) is 0 Å². The Kier molecular flexibility index (Phi) is 4.16. The lowest BCUT2D eigenvalue weighted by Gasteiger charge is -2.05. The minimum atomic E-state index is -0.0436. The number of H-pyrrole nitrogens is 1. The highest BCUT2D eigenvalue weighted by molar-refractivity contribution is 6.31. The van der Waals surface area contributed by atoms with E-state index < -0.39 is 0 Å². The van der Waals surface area contributed by atoms with Gasteiger partial charge in [0, 0.05) is 34.2 Å². The second-order valence-corrected chi connectivity index (χ2v) is 5.81. The number of aromatic nitrogens is 1. The summed E-state index contributed by atoms with van der Waals surface area (Å²) in [5.41, 5.74) is 4.05. The van der Waals surface area contributed by atoms with Gasteiger partial charge in [0.25, 0.3) is 5.91 Å². The topological polar surface area (TPSA) is 44.9 Å². The number of halogens is 1. The van der Waals surface area contributed by atoms with Crippen molar-refractivity contribution < 1.29 is 4.79 Å². The van der Waals surface area contributed by atoms with Crippen molar-refractivity contribution in [2.75, 3.05) is 6.54 Å². The normalized spacial score (nSPS) is 10.8. The molecule has 1 amide bonds. The van der Waals surface area contributed by atoms with Crippen molar-refractivity contribution in [3.05, 3.63) is 70.4 Å². The molecule has 0 unspecified atom stereocenters. The molecular formula is C18H17ClN2O. The Morgan fingerprint density at radius 1 is 1.18 bits per heavy atom. The van der Waals surface area contributed by atoms with Crippen LogP contribution in [0.2, 0.25) is 5.02 Å². The molecule has 1 aromatic heterocycles. The first-order valence-corrected chi connectivity index (χ1v) is 7.61. The number of amides is 1. The van der Waals surface area contributed by atoms with Gasteiger partial charge < -0.3 is 10.3 Å². The van der Waals surface area contributed by atoms with Crippen LogP contribution in [0, 0.1) is 6.92 Å². The van der Waals surface area contributed by atoms with Crippen molar-refractivity contribution >= 4 is 28.4 Å². The van der Waals surface area contributed by atoms with Crippen molar-refractivity contribution in [1.82, 2.24) is 10.3 Å². The smallest absolute Gasteiger partial charge is 0.251 e. The average Bonchev–Trinajstić information content (AvgIpc) is 2.90. The fraction of sp³-hybridized carbons (Fsp3) is 0.167. The van der Waals surface area contributed by atoms with E-state index in [1.165, 1.54) is 0 Å². The van der Waals surface area contributed by atoms with Gasteiger partial charge in [-0.3, -0.25) is 4.79 Å². The molecule has 3 nitrogen and oxygen atoms in total. The molecule has 3 aromatic rings. The lowest BCUT2D eigenvalue weighted by Crippen LogP contribution is -2.25. The van der Waals surface area contributed by atoms with E-state index in [2.05, 4.69) is 10.3 Å². The molecule has 0 aliphatic rings. The second kappa shape index (κ2) is 6.24. The number of rotatable bonds is 4. The van der Waals surface area contributed by atoms with Crippen molar-refractivity contribution in [3.63, 3.8) is 0 Å². The van der Waals surface area contributed by atoms with Crippen LogP contribution in [0.5, 0.6) is 0 Å². The SMILES string of the molecule is Cc1ccc(C(=O)NCCc2c[nH]c3ccc(Cl)cc23)cc1. The van der Waals surface area contributed by atoms with Crippen LogP contribution in [0.1, 0.15) is 21.5 Å². The third-order valence-corrected chi connectivity index (χ3v) is 3.96. The molecule has 2 N–H and O–H groups in total. The fourth-order valence-corrected chi connectivity index (χ4v) is 2.65. The van der Waals surface area contributed by atoms with Gasteiger partial charge in [0.1, 0.15) is 0 Å². The first-order valence-electron chi connectivity index (χ1n) is 7.24. The first kappa shape index (κ1) is 14.7. The van der Waals surface area contributed by atoms with E-state index in [4.69, 9.17) is 11.6 Å². The zero-order chi connectivity index (χ0) is 15.5. The molecule has 0 saturated carbocycles. The van der Waals surface area contributed by atoms with Crippen molar-refractivity contribution in [2.45, 2.75) is 13.3 Å². The quantitative estimate of drug-likeness (QED) is 0.748. The standard InChI is InChI=1S/C18H17ClN2O/c1-12-2-4-13(5-3-12)18(22)20-9-8-14-11-21-17-7-6-15(19)10-16(14)17/h2-7,10-11,21H,8-9H2,1H3,(H,20,22). The van der Waals surface area contributed by atoms with Crippen LogP contribution in [-0.4, -0.2) is 17.4 Å². The van der Waals surface area contributed by atoms with E-state index in [1.807, 2.05) is 55.6 Å². The maximum absolute atomic E-state index is 12.1. The van der Waals surface area contributed by atoms with Gasteiger partial charge in [-0.15, -0.1) is 0 Å². The molecule has 0 atom stereocenters. The highest BCUT2D eigenvalue weighted by atomic mass is 35.5. The minimum Gasteiger partial charge on any atom is -0.361 e. The number of nitrogens with one attached hydrogen (secondary N) is 2. The number of hydrogen-bond acceptors (Lipinski definition) is 1. The Morgan fingerprint density at radius 2 is 1.95 bits per heavy atom. The van der Waals surface area contributed by atoms with E-state index in [1.54, 1.807) is 0 Å². The van der Waals surface area contributed by atoms with Gasteiger partial charge in [-0.25, -0.2) is 0 Å². The summed E-state index contributed by atoms with van der Waals surface area (Å²) in [6.07, 6.45) is 2.73. The van der Waals surface area contributed by atoms with Gasteiger partial charge in [0.15, 0.2) is 0 Å². The Hall–Kier alpha value is -2.26. The molecule has 0 radical (unpaired) electrons. The van der Waals surface area contributed by atoms with Crippen molar-refractivity contribution in [3.8, 4) is 0 Å². The van der Waals surface area contributed by atoms with Crippen LogP contribution in [-0.2, 0) is 6.42 Å². The third-order valence-electron chi connectivity index (χ3n) is 3.72. The van der Waals surface area contributed by atoms with Crippen LogP contribution >= 0.6 is 11.6 Å². The molecule has 3 rings (SSSR count). The number of carbonyl (C=O) groups excluding carboxylic acids is 1. The summed E-state index contributed by atoms with van der Waals surface area (Å²) in [7, 11) is 0. The molecule has 0 bridgehead atoms. The Balaban J connectivity index is 1.63. The van der Waals surface area contributed by atoms with Gasteiger partial charge in [-0.1, -0.05) is 29.3 Å². The van der Waals surface area contributed by atoms with E-state index in [0.29, 0.717) is 12.1 Å². The number of aromatic amines is 1. The summed E-state index contributed by atoms with van der Waals surface area (Å²) in [4.78, 5) is 15.3. The van der Waals surface area contributed by atoms with Crippen LogP contribution in [0.3, 0.4) is 0 Å². The van der Waals surface area contributed by atoms with E-state index >= 15 is 0 Å². The lowest BCUT2D eigenvalue weighted by atomic mass is 10.1. The highest BCUT2D eigenvalue weighted by Crippen LogP contribution is 2.22. The molecular weight excluding hydrogens is 296 g/mol. The lowest BCUT2D eigenvalue weighted by molar-refractivity contribution is 0.0954. The van der Waals surface area contributed by atoms with E-state index in [-0.39, 0.29) is 5.91 Å². The van der Waals surface area contributed by atoms with Gasteiger partial charge in [-0.2, -0.15) is 0 Å². The Labute approximate surface area is 134 Å². The molecule has 0 spiro atoms. The van der Waals surface area contributed by atoms with Crippen LogP contribution in [0.4, 0.5) is 0 Å². The Morgan fingerprint density at radius 3 is 2.73 bits per heavy atom. The predicted octanol–water partition coefficient (Wildman–Crippen LogP) is 4.10. The maximum Gasteiger partial charge on any atom is 0.251 e. The summed E-state index contributed by atoms with van der Waals surface area (Å²) in [5, 5.41) is 4.78. The maximum atomic E-state index is 12.1. The summed E-state index contributed by atoms with van der Waals surface area (Å²) in [6.45, 7) is 2.59. The molecule has 1 heterocycles. The average molecular weight is 313 g/mol. The monoisotopic (exact) mass is 312 g/mol. The highest BCUT2D eigenvalue weighted by Gasteiger charge is 2.07. The van der Waals surface area contributed by atoms with Gasteiger partial charge in [0.05, 0.1) is 0 Å². The zero-order valence-electron chi connectivity index (χ0n) is 12.3. The van der Waals surface area contributed by atoms with Crippen LogP contribution in [0.15, 0.2) is 48.7 Å². The number of carbonyl (C=O) groups is 1. The second-order valence-electron chi connectivity index (χ2n) is 5.38. The first-order chi connectivity index (χ1) is 10.6. The molecule has 0 aliphatic carbocycles. The summed E-state index contributed by atoms with van der Waals surface area (Å²) in [5.74, 6) is -0.0436. The van der Waals surface area contributed by atoms with Gasteiger partial charge in [0.2, 0.25) is 0 Å². The number of benzene rings is 2. The summed E-state index contributed by atoms with van der Waals surface area (Å²) in [6, 6.07) is 13.3. The largest absolute Gasteiger partial charge is 0.361 e. The van der Waals surface area contributed by atoms with Crippen LogP contribution < -0.4 is 5.32 Å². The summed E-state index contributed by atoms with van der Waals surface area (Å²) >= 11 is 6.04. The summed E-state index contributed by atoms with van der Waals surface area (Å²) < 4.78 is 0. The van der Waals surface area contributed by atoms with Gasteiger partial charge in [-0.05, 0) is 49.2 Å². The minimum absolute atomic E-state index is 0.0436. The molecule has 22 heavy (non-hydrogen) atoms. The third kappa shape index (κ3) is 3.15. The number of hydrogen-bond donors (Lipinski definition) is 2. The van der Waals surface area contributed by atoms with E-state index in [0.717, 1.165) is 33.5 Å². The molecule has 0 fully saturated rings. The zero-order valence-corrected chi connectivity index (χ0v) is 13.1. The molecule has 112 valence electrons. The molecule has 0 aliphatic heterocycles. The molecule has 4 heteroatoms.